The van der Waals surface area contributed by atoms with Gasteiger partial charge < -0.3 is 9.84 Å². The summed E-state index contributed by atoms with van der Waals surface area (Å²) in [5, 5.41) is 9.40. The fourth-order valence-electron chi connectivity index (χ4n) is 1.59. The Morgan fingerprint density at radius 1 is 1.06 bits per heavy atom. The summed E-state index contributed by atoms with van der Waals surface area (Å²) in [6.07, 6.45) is -0.439. The van der Waals surface area contributed by atoms with Crippen molar-refractivity contribution >= 4 is 15.9 Å². The molecule has 0 aliphatic heterocycles. The van der Waals surface area contributed by atoms with Gasteiger partial charge in [-0.25, -0.2) is 0 Å². The normalized spacial score (nSPS) is 12.2. The Morgan fingerprint density at radius 2 is 1.67 bits per heavy atom. The monoisotopic (exact) mass is 306 g/mol. The molecule has 1 N–H and O–H groups in total. The fourth-order valence-corrected chi connectivity index (χ4v) is 1.85. The van der Waals surface area contributed by atoms with Gasteiger partial charge in [-0.05, 0) is 42.3 Å². The SMILES string of the molecule is C[C@@H](O)c1ccc(OCc2ccc(Br)cc2)cc1. The second-order valence-electron chi connectivity index (χ2n) is 4.16. The molecular formula is C15H15BrO2. The first-order chi connectivity index (χ1) is 8.65. The van der Waals surface area contributed by atoms with E-state index in [0.29, 0.717) is 6.61 Å². The molecular weight excluding hydrogens is 292 g/mol. The van der Waals surface area contributed by atoms with Gasteiger partial charge in [-0.15, -0.1) is 0 Å². The molecule has 0 saturated heterocycles. The third-order valence-electron chi connectivity index (χ3n) is 2.68. The molecule has 0 fully saturated rings. The van der Waals surface area contributed by atoms with Crippen LogP contribution in [0.15, 0.2) is 53.0 Å². The van der Waals surface area contributed by atoms with Crippen LogP contribution in [0.3, 0.4) is 0 Å². The molecule has 0 spiro atoms. The van der Waals surface area contributed by atoms with Gasteiger partial charge in [0.15, 0.2) is 0 Å². The first-order valence-electron chi connectivity index (χ1n) is 5.80. The first kappa shape index (κ1) is 13.1. The average Bonchev–Trinajstić information content (AvgIpc) is 2.38. The highest BCUT2D eigenvalue weighted by Gasteiger charge is 2.01. The number of halogens is 1. The average molecular weight is 307 g/mol. The van der Waals surface area contributed by atoms with E-state index in [4.69, 9.17) is 4.74 Å². The number of rotatable bonds is 4. The summed E-state index contributed by atoms with van der Waals surface area (Å²) in [4.78, 5) is 0. The molecule has 2 rings (SSSR count). The summed E-state index contributed by atoms with van der Waals surface area (Å²) in [6.45, 7) is 2.29. The molecule has 0 saturated carbocycles. The molecule has 0 amide bonds. The van der Waals surface area contributed by atoms with E-state index in [0.717, 1.165) is 21.3 Å². The van der Waals surface area contributed by atoms with Crippen molar-refractivity contribution in [2.24, 2.45) is 0 Å². The third-order valence-corrected chi connectivity index (χ3v) is 3.21. The van der Waals surface area contributed by atoms with E-state index < -0.39 is 6.10 Å². The van der Waals surface area contributed by atoms with E-state index in [1.165, 1.54) is 0 Å². The Balaban J connectivity index is 1.95. The van der Waals surface area contributed by atoms with Crippen molar-refractivity contribution in [3.8, 4) is 5.75 Å². The summed E-state index contributed by atoms with van der Waals surface area (Å²) in [6, 6.07) is 15.5. The lowest BCUT2D eigenvalue weighted by Crippen LogP contribution is -1.96. The standard InChI is InChI=1S/C15H15BrO2/c1-11(17)13-4-8-15(9-5-13)18-10-12-2-6-14(16)7-3-12/h2-9,11,17H,10H2,1H3/t11-/m1/s1. The van der Waals surface area contributed by atoms with Crippen LogP contribution >= 0.6 is 15.9 Å². The van der Waals surface area contributed by atoms with Crippen LogP contribution in [-0.4, -0.2) is 5.11 Å². The molecule has 1 atom stereocenters. The Morgan fingerprint density at radius 3 is 2.22 bits per heavy atom. The molecule has 0 aliphatic rings. The molecule has 2 aromatic rings. The minimum Gasteiger partial charge on any atom is -0.489 e. The molecule has 2 nitrogen and oxygen atoms in total. The van der Waals surface area contributed by atoms with Crippen LogP contribution in [0.4, 0.5) is 0 Å². The highest BCUT2D eigenvalue weighted by atomic mass is 79.9. The van der Waals surface area contributed by atoms with Gasteiger partial charge in [-0.2, -0.15) is 0 Å². The van der Waals surface area contributed by atoms with E-state index in [2.05, 4.69) is 15.9 Å². The van der Waals surface area contributed by atoms with Crippen LogP contribution in [0.5, 0.6) is 5.75 Å². The van der Waals surface area contributed by atoms with E-state index in [1.807, 2.05) is 48.5 Å². The Bertz CT molecular complexity index is 489. The van der Waals surface area contributed by atoms with Crippen LogP contribution in [0, 0.1) is 0 Å². The lowest BCUT2D eigenvalue weighted by molar-refractivity contribution is 0.199. The quantitative estimate of drug-likeness (QED) is 0.922. The van der Waals surface area contributed by atoms with Crippen molar-refractivity contribution in [1.82, 2.24) is 0 Å². The third kappa shape index (κ3) is 3.59. The maximum Gasteiger partial charge on any atom is 0.119 e. The maximum atomic E-state index is 9.40. The minimum absolute atomic E-state index is 0.439. The summed E-state index contributed by atoms with van der Waals surface area (Å²) in [5.41, 5.74) is 2.02. The van der Waals surface area contributed by atoms with E-state index in [1.54, 1.807) is 6.92 Å². The van der Waals surface area contributed by atoms with Crippen molar-refractivity contribution in [2.75, 3.05) is 0 Å². The Hall–Kier alpha value is -1.32. The number of hydrogen-bond donors (Lipinski definition) is 1. The lowest BCUT2D eigenvalue weighted by Gasteiger charge is -2.08. The zero-order valence-corrected chi connectivity index (χ0v) is 11.7. The predicted octanol–water partition coefficient (Wildman–Crippen LogP) is 4.08. The van der Waals surface area contributed by atoms with Gasteiger partial charge in [0.2, 0.25) is 0 Å². The van der Waals surface area contributed by atoms with Crippen molar-refractivity contribution in [3.63, 3.8) is 0 Å². The maximum absolute atomic E-state index is 9.40. The number of hydrogen-bond acceptors (Lipinski definition) is 2. The second kappa shape index (κ2) is 6.03. The first-order valence-corrected chi connectivity index (χ1v) is 6.60. The molecule has 0 unspecified atom stereocenters. The molecule has 0 bridgehead atoms. The molecule has 0 aliphatic carbocycles. The van der Waals surface area contributed by atoms with Crippen LogP contribution < -0.4 is 4.74 Å². The molecule has 2 aromatic carbocycles. The molecule has 0 radical (unpaired) electrons. The number of aliphatic hydroxyl groups is 1. The minimum atomic E-state index is -0.439. The van der Waals surface area contributed by atoms with Crippen LogP contribution in [0.1, 0.15) is 24.2 Å². The highest BCUT2D eigenvalue weighted by Crippen LogP contribution is 2.18. The molecule has 94 valence electrons. The van der Waals surface area contributed by atoms with Crippen LogP contribution in [0.2, 0.25) is 0 Å². The smallest absolute Gasteiger partial charge is 0.119 e. The highest BCUT2D eigenvalue weighted by molar-refractivity contribution is 9.10. The summed E-state index contributed by atoms with van der Waals surface area (Å²) in [7, 11) is 0. The summed E-state index contributed by atoms with van der Waals surface area (Å²) in [5.74, 6) is 0.808. The number of benzene rings is 2. The molecule has 0 aromatic heterocycles. The summed E-state index contributed by atoms with van der Waals surface area (Å²) < 4.78 is 6.73. The second-order valence-corrected chi connectivity index (χ2v) is 5.08. The summed E-state index contributed by atoms with van der Waals surface area (Å²) >= 11 is 3.40. The Labute approximate surface area is 115 Å². The van der Waals surface area contributed by atoms with Gasteiger partial charge in [0, 0.05) is 4.47 Å². The topological polar surface area (TPSA) is 29.5 Å². The zero-order chi connectivity index (χ0) is 13.0. The fraction of sp³-hybridized carbons (Fsp3) is 0.200. The van der Waals surface area contributed by atoms with E-state index in [9.17, 15) is 5.11 Å². The van der Waals surface area contributed by atoms with Gasteiger partial charge >= 0.3 is 0 Å². The van der Waals surface area contributed by atoms with Gasteiger partial charge in [-0.1, -0.05) is 40.2 Å². The number of aliphatic hydroxyl groups excluding tert-OH is 1. The van der Waals surface area contributed by atoms with Crippen molar-refractivity contribution in [3.05, 3.63) is 64.1 Å². The largest absolute Gasteiger partial charge is 0.489 e. The van der Waals surface area contributed by atoms with Crippen molar-refractivity contribution < 1.29 is 9.84 Å². The molecule has 0 heterocycles. The van der Waals surface area contributed by atoms with Gasteiger partial charge in [0.25, 0.3) is 0 Å². The van der Waals surface area contributed by atoms with E-state index in [-0.39, 0.29) is 0 Å². The molecule has 3 heteroatoms. The Kier molecular flexibility index (Phi) is 4.39. The van der Waals surface area contributed by atoms with Gasteiger partial charge in [-0.3, -0.25) is 0 Å². The lowest BCUT2D eigenvalue weighted by atomic mass is 10.1. The number of ether oxygens (including phenoxy) is 1. The van der Waals surface area contributed by atoms with Crippen LogP contribution in [0.25, 0.3) is 0 Å². The van der Waals surface area contributed by atoms with E-state index >= 15 is 0 Å². The van der Waals surface area contributed by atoms with Gasteiger partial charge in [0.1, 0.15) is 12.4 Å². The van der Waals surface area contributed by atoms with Crippen molar-refractivity contribution in [1.29, 1.82) is 0 Å². The van der Waals surface area contributed by atoms with Crippen LogP contribution in [-0.2, 0) is 6.61 Å². The predicted molar refractivity (Wildman–Crippen MR) is 75.5 cm³/mol. The van der Waals surface area contributed by atoms with Crippen molar-refractivity contribution in [2.45, 2.75) is 19.6 Å². The molecule has 18 heavy (non-hydrogen) atoms. The zero-order valence-electron chi connectivity index (χ0n) is 10.1. The van der Waals surface area contributed by atoms with Gasteiger partial charge in [0.05, 0.1) is 6.10 Å².